The van der Waals surface area contributed by atoms with E-state index < -0.39 is 0 Å². The van der Waals surface area contributed by atoms with Crippen LogP contribution in [0.25, 0.3) is 16.9 Å². The van der Waals surface area contributed by atoms with Gasteiger partial charge in [-0.05, 0) is 42.5 Å². The highest BCUT2D eigenvalue weighted by atomic mass is 19.1. The van der Waals surface area contributed by atoms with Crippen molar-refractivity contribution in [2.24, 2.45) is 5.73 Å². The fraction of sp³-hybridized carbons (Fsp3) is 0.167. The van der Waals surface area contributed by atoms with Crippen LogP contribution in [0.2, 0.25) is 0 Å². The highest BCUT2D eigenvalue weighted by Gasteiger charge is 2.15. The van der Waals surface area contributed by atoms with Gasteiger partial charge in [0, 0.05) is 18.2 Å². The van der Waals surface area contributed by atoms with Crippen molar-refractivity contribution in [1.82, 2.24) is 9.78 Å². The van der Waals surface area contributed by atoms with Crippen LogP contribution in [0, 0.1) is 5.82 Å². The molecule has 3 aromatic rings. The number of aromatic nitrogens is 2. The summed E-state index contributed by atoms with van der Waals surface area (Å²) < 4.78 is 25.7. The summed E-state index contributed by atoms with van der Waals surface area (Å²) in [6.45, 7) is 0.299. The van der Waals surface area contributed by atoms with E-state index >= 15 is 0 Å². The van der Waals surface area contributed by atoms with E-state index in [1.165, 1.54) is 12.1 Å². The van der Waals surface area contributed by atoms with Crippen LogP contribution in [0.4, 0.5) is 4.39 Å². The monoisotopic (exact) mass is 327 g/mol. The molecule has 0 aliphatic carbocycles. The van der Waals surface area contributed by atoms with Gasteiger partial charge in [-0.1, -0.05) is 0 Å². The van der Waals surface area contributed by atoms with Gasteiger partial charge in [0.1, 0.15) is 23.0 Å². The van der Waals surface area contributed by atoms with E-state index in [4.69, 9.17) is 15.2 Å². The molecule has 2 N–H and O–H groups in total. The molecule has 0 fully saturated rings. The summed E-state index contributed by atoms with van der Waals surface area (Å²) >= 11 is 0. The minimum Gasteiger partial charge on any atom is -0.497 e. The lowest BCUT2D eigenvalue weighted by Gasteiger charge is -2.13. The smallest absolute Gasteiger partial charge is 0.144 e. The van der Waals surface area contributed by atoms with E-state index in [2.05, 4.69) is 5.10 Å². The van der Waals surface area contributed by atoms with Crippen molar-refractivity contribution in [2.45, 2.75) is 6.54 Å². The van der Waals surface area contributed by atoms with Crippen LogP contribution in [0.1, 0.15) is 5.69 Å². The van der Waals surface area contributed by atoms with E-state index in [-0.39, 0.29) is 5.82 Å². The highest BCUT2D eigenvalue weighted by molar-refractivity contribution is 5.65. The van der Waals surface area contributed by atoms with E-state index in [0.29, 0.717) is 18.0 Å². The molecule has 0 aliphatic rings. The summed E-state index contributed by atoms with van der Waals surface area (Å²) in [7, 11) is 3.19. The predicted molar refractivity (Wildman–Crippen MR) is 90.0 cm³/mol. The minimum absolute atomic E-state index is 0.289. The number of ether oxygens (including phenoxy) is 2. The Hall–Kier alpha value is -2.86. The van der Waals surface area contributed by atoms with Gasteiger partial charge in [0.05, 0.1) is 25.6 Å². The van der Waals surface area contributed by atoms with E-state index in [1.807, 2.05) is 24.3 Å². The maximum atomic E-state index is 13.2. The van der Waals surface area contributed by atoms with Gasteiger partial charge in [-0.3, -0.25) is 0 Å². The summed E-state index contributed by atoms with van der Waals surface area (Å²) in [6.07, 6.45) is 0. The SMILES string of the molecule is COc1ccc(OC)c(-n2nc(CN)cc2-c2ccc(F)cc2)c1. The number of halogens is 1. The molecule has 24 heavy (non-hydrogen) atoms. The lowest BCUT2D eigenvalue weighted by atomic mass is 10.1. The third-order valence-electron chi connectivity index (χ3n) is 3.72. The van der Waals surface area contributed by atoms with Crippen LogP contribution in [0.5, 0.6) is 11.5 Å². The Balaban J connectivity index is 2.21. The lowest BCUT2D eigenvalue weighted by Crippen LogP contribution is -2.04. The number of hydrogen-bond donors (Lipinski definition) is 1. The van der Waals surface area contributed by atoms with Crippen LogP contribution < -0.4 is 15.2 Å². The largest absolute Gasteiger partial charge is 0.497 e. The van der Waals surface area contributed by atoms with Crippen molar-refractivity contribution in [2.75, 3.05) is 14.2 Å². The number of benzene rings is 2. The van der Waals surface area contributed by atoms with Gasteiger partial charge >= 0.3 is 0 Å². The average molecular weight is 327 g/mol. The van der Waals surface area contributed by atoms with E-state index in [1.54, 1.807) is 31.0 Å². The molecule has 0 radical (unpaired) electrons. The molecule has 2 aromatic carbocycles. The van der Waals surface area contributed by atoms with Crippen LogP contribution in [-0.4, -0.2) is 24.0 Å². The molecular weight excluding hydrogens is 309 g/mol. The fourth-order valence-electron chi connectivity index (χ4n) is 2.50. The maximum Gasteiger partial charge on any atom is 0.144 e. The summed E-state index contributed by atoms with van der Waals surface area (Å²) in [5.41, 5.74) is 8.81. The van der Waals surface area contributed by atoms with Gasteiger partial charge in [-0.15, -0.1) is 0 Å². The summed E-state index contributed by atoms with van der Waals surface area (Å²) in [4.78, 5) is 0. The second kappa shape index (κ2) is 6.72. The third kappa shape index (κ3) is 2.96. The normalized spacial score (nSPS) is 10.7. The van der Waals surface area contributed by atoms with Crippen molar-refractivity contribution in [3.05, 3.63) is 60.0 Å². The van der Waals surface area contributed by atoms with Crippen LogP contribution in [0.3, 0.4) is 0 Å². The van der Waals surface area contributed by atoms with Crippen molar-refractivity contribution in [3.8, 4) is 28.4 Å². The predicted octanol–water partition coefficient (Wildman–Crippen LogP) is 3.15. The summed E-state index contributed by atoms with van der Waals surface area (Å²) in [6, 6.07) is 13.6. The average Bonchev–Trinajstić information content (AvgIpc) is 3.06. The Morgan fingerprint density at radius 3 is 2.42 bits per heavy atom. The second-order valence-electron chi connectivity index (χ2n) is 5.18. The number of rotatable bonds is 5. The van der Waals surface area contributed by atoms with Gasteiger partial charge in [0.2, 0.25) is 0 Å². The maximum absolute atomic E-state index is 13.2. The Morgan fingerprint density at radius 2 is 1.79 bits per heavy atom. The quantitative estimate of drug-likeness (QED) is 0.782. The molecule has 3 rings (SSSR count). The third-order valence-corrected chi connectivity index (χ3v) is 3.72. The molecule has 0 unspecified atom stereocenters. The van der Waals surface area contributed by atoms with Gasteiger partial charge in [-0.25, -0.2) is 9.07 Å². The Bertz CT molecular complexity index is 844. The van der Waals surface area contributed by atoms with Gasteiger partial charge < -0.3 is 15.2 Å². The van der Waals surface area contributed by atoms with Crippen LogP contribution in [0.15, 0.2) is 48.5 Å². The zero-order valence-electron chi connectivity index (χ0n) is 13.5. The van der Waals surface area contributed by atoms with Crippen LogP contribution in [-0.2, 0) is 6.54 Å². The molecule has 0 atom stereocenters. The summed E-state index contributed by atoms with van der Waals surface area (Å²) in [5.74, 6) is 1.04. The van der Waals surface area contributed by atoms with Crippen molar-refractivity contribution >= 4 is 0 Å². The molecule has 5 nitrogen and oxygen atoms in total. The van der Waals surface area contributed by atoms with Crippen molar-refractivity contribution in [3.63, 3.8) is 0 Å². The molecule has 0 saturated heterocycles. The van der Waals surface area contributed by atoms with E-state index in [9.17, 15) is 4.39 Å². The lowest BCUT2D eigenvalue weighted by molar-refractivity contribution is 0.400. The number of methoxy groups -OCH3 is 2. The molecule has 0 aliphatic heterocycles. The molecule has 0 bridgehead atoms. The highest BCUT2D eigenvalue weighted by Crippen LogP contribution is 2.32. The molecular formula is C18H18FN3O2. The zero-order valence-corrected chi connectivity index (χ0v) is 13.5. The first-order valence-corrected chi connectivity index (χ1v) is 7.43. The molecule has 124 valence electrons. The van der Waals surface area contributed by atoms with E-state index in [0.717, 1.165) is 22.6 Å². The molecule has 6 heteroatoms. The first-order chi connectivity index (χ1) is 11.7. The van der Waals surface area contributed by atoms with Crippen molar-refractivity contribution < 1.29 is 13.9 Å². The Morgan fingerprint density at radius 1 is 1.04 bits per heavy atom. The Kier molecular flexibility index (Phi) is 4.48. The first-order valence-electron chi connectivity index (χ1n) is 7.43. The van der Waals surface area contributed by atoms with Gasteiger partial charge in [0.25, 0.3) is 0 Å². The summed E-state index contributed by atoms with van der Waals surface area (Å²) in [5, 5.41) is 4.54. The first kappa shape index (κ1) is 16.0. The number of nitrogens with two attached hydrogens (primary N) is 1. The van der Waals surface area contributed by atoms with Crippen LogP contribution >= 0.6 is 0 Å². The fourth-order valence-corrected chi connectivity index (χ4v) is 2.50. The second-order valence-corrected chi connectivity index (χ2v) is 5.18. The Labute approximate surface area is 139 Å². The number of nitrogens with zero attached hydrogens (tertiary/aromatic N) is 2. The molecule has 0 saturated carbocycles. The number of hydrogen-bond acceptors (Lipinski definition) is 4. The van der Waals surface area contributed by atoms with Gasteiger partial charge in [-0.2, -0.15) is 5.10 Å². The standard InChI is InChI=1S/C18H18FN3O2/c1-23-15-7-8-18(24-2)17(10-15)22-16(9-14(11-20)21-22)12-3-5-13(19)6-4-12/h3-10H,11,20H2,1-2H3. The minimum atomic E-state index is -0.289. The van der Waals surface area contributed by atoms with Gasteiger partial charge in [0.15, 0.2) is 0 Å². The molecule has 0 spiro atoms. The molecule has 1 aromatic heterocycles. The molecule has 0 amide bonds. The molecule has 1 heterocycles. The topological polar surface area (TPSA) is 62.3 Å². The van der Waals surface area contributed by atoms with Crippen molar-refractivity contribution in [1.29, 1.82) is 0 Å². The zero-order chi connectivity index (χ0) is 17.1.